The van der Waals surface area contributed by atoms with Gasteiger partial charge in [-0.05, 0) is 6.08 Å². The van der Waals surface area contributed by atoms with E-state index in [-0.39, 0.29) is 0 Å². The molecule has 0 saturated carbocycles. The molecule has 18 heavy (non-hydrogen) atoms. The molecule has 0 fully saturated rings. The number of halogens is 1. The summed E-state index contributed by atoms with van der Waals surface area (Å²) in [7, 11) is 0. The van der Waals surface area contributed by atoms with Crippen LogP contribution >= 0.6 is 11.6 Å². The molecule has 1 aromatic rings. The van der Waals surface area contributed by atoms with Crippen LogP contribution in [-0.2, 0) is 0 Å². The largest absolute Gasteiger partial charge is 0.265 e. The highest BCUT2D eigenvalue weighted by Gasteiger charge is 2.14. The van der Waals surface area contributed by atoms with Crippen LogP contribution in [0.2, 0.25) is 0 Å². The quantitative estimate of drug-likeness (QED) is 0.736. The molecule has 0 N–H and O–H groups in total. The van der Waals surface area contributed by atoms with E-state index in [4.69, 9.17) is 11.6 Å². The number of hydrogen-bond acceptors (Lipinski definition) is 2. The Balaban J connectivity index is 2.32. The van der Waals surface area contributed by atoms with E-state index in [1.165, 1.54) is 0 Å². The Labute approximate surface area is 112 Å². The van der Waals surface area contributed by atoms with E-state index in [9.17, 15) is 0 Å². The Bertz CT molecular complexity index is 551. The van der Waals surface area contributed by atoms with Crippen molar-refractivity contribution in [2.75, 3.05) is 6.54 Å². The Morgan fingerprint density at radius 1 is 1.17 bits per heavy atom. The fourth-order valence-electron chi connectivity index (χ4n) is 1.57. The van der Waals surface area contributed by atoms with Crippen LogP contribution in [-0.4, -0.2) is 17.4 Å². The van der Waals surface area contributed by atoms with E-state index in [0.29, 0.717) is 11.7 Å². The lowest BCUT2D eigenvalue weighted by Gasteiger charge is -2.11. The molecule has 0 aliphatic carbocycles. The van der Waals surface area contributed by atoms with Gasteiger partial charge in [0.2, 0.25) is 0 Å². The molecule has 1 aliphatic rings. The highest BCUT2D eigenvalue weighted by Crippen LogP contribution is 2.14. The van der Waals surface area contributed by atoms with Crippen molar-refractivity contribution in [1.29, 1.82) is 0 Å². The van der Waals surface area contributed by atoms with Crippen LogP contribution in [0.5, 0.6) is 0 Å². The van der Waals surface area contributed by atoms with E-state index in [2.05, 4.69) is 16.6 Å². The molecule has 0 amide bonds. The van der Waals surface area contributed by atoms with Crippen molar-refractivity contribution in [3.63, 3.8) is 0 Å². The minimum atomic E-state index is 0.464. The maximum Gasteiger partial charge on any atom is 0.150 e. The summed E-state index contributed by atoms with van der Waals surface area (Å²) < 4.78 is 0. The fourth-order valence-corrected chi connectivity index (χ4v) is 1.78. The standard InChI is InChI=1S/C15H13ClN2/c1-2-3-5-10-13-11-17-15(16)14(18-13)12-8-6-4-7-9-12/h2-10H,1,11H2/b5-3-,13-10+. The molecule has 1 aliphatic heterocycles. The van der Waals surface area contributed by atoms with Gasteiger partial charge in [0, 0.05) is 5.56 Å². The normalized spacial score (nSPS) is 17.7. The second-order valence-electron chi connectivity index (χ2n) is 3.71. The van der Waals surface area contributed by atoms with Gasteiger partial charge in [0.15, 0.2) is 5.17 Å². The molecule has 0 radical (unpaired) electrons. The second-order valence-corrected chi connectivity index (χ2v) is 4.07. The zero-order chi connectivity index (χ0) is 12.8. The minimum absolute atomic E-state index is 0.464. The van der Waals surface area contributed by atoms with Gasteiger partial charge in [0.25, 0.3) is 0 Å². The lowest BCUT2D eigenvalue weighted by atomic mass is 10.1. The molecule has 0 bridgehead atoms. The van der Waals surface area contributed by atoms with Gasteiger partial charge < -0.3 is 0 Å². The maximum atomic E-state index is 6.10. The third kappa shape index (κ3) is 3.05. The Kier molecular flexibility index (Phi) is 4.26. The molecular formula is C15H13ClN2. The number of rotatable bonds is 3. The van der Waals surface area contributed by atoms with Crippen molar-refractivity contribution < 1.29 is 0 Å². The Morgan fingerprint density at radius 2 is 1.94 bits per heavy atom. The van der Waals surface area contributed by atoms with Gasteiger partial charge in [-0.3, -0.25) is 4.99 Å². The predicted molar refractivity (Wildman–Crippen MR) is 78.6 cm³/mol. The summed E-state index contributed by atoms with van der Waals surface area (Å²) in [6.45, 7) is 4.13. The average molecular weight is 257 g/mol. The average Bonchev–Trinajstić information content (AvgIpc) is 2.42. The van der Waals surface area contributed by atoms with Crippen LogP contribution in [0.15, 0.2) is 76.9 Å². The van der Waals surface area contributed by atoms with Gasteiger partial charge in [0.05, 0.1) is 12.2 Å². The van der Waals surface area contributed by atoms with Gasteiger partial charge in [-0.15, -0.1) is 0 Å². The monoisotopic (exact) mass is 256 g/mol. The molecule has 2 nitrogen and oxygen atoms in total. The molecule has 0 spiro atoms. The smallest absolute Gasteiger partial charge is 0.150 e. The van der Waals surface area contributed by atoms with Crippen molar-refractivity contribution in [2.45, 2.75) is 0 Å². The van der Waals surface area contributed by atoms with E-state index < -0.39 is 0 Å². The third-order valence-corrected chi connectivity index (χ3v) is 2.71. The van der Waals surface area contributed by atoms with Crippen LogP contribution in [0, 0.1) is 0 Å². The number of nitrogens with zero attached hydrogens (tertiary/aromatic N) is 2. The number of benzene rings is 1. The third-order valence-electron chi connectivity index (χ3n) is 2.41. The van der Waals surface area contributed by atoms with Gasteiger partial charge in [-0.2, -0.15) is 0 Å². The van der Waals surface area contributed by atoms with Gasteiger partial charge in [-0.25, -0.2) is 4.99 Å². The summed E-state index contributed by atoms with van der Waals surface area (Å²) in [6, 6.07) is 9.81. The zero-order valence-corrected chi connectivity index (χ0v) is 10.6. The van der Waals surface area contributed by atoms with Gasteiger partial charge in [-0.1, -0.05) is 66.7 Å². The molecule has 3 heteroatoms. The fraction of sp³-hybridized carbons (Fsp3) is 0.0667. The Hall–Kier alpha value is -1.93. The predicted octanol–water partition coefficient (Wildman–Crippen LogP) is 3.75. The van der Waals surface area contributed by atoms with Gasteiger partial charge in [0.1, 0.15) is 5.71 Å². The molecule has 1 aromatic carbocycles. The van der Waals surface area contributed by atoms with Crippen molar-refractivity contribution in [1.82, 2.24) is 0 Å². The molecule has 1 heterocycles. The minimum Gasteiger partial charge on any atom is -0.265 e. The number of allylic oxidation sites excluding steroid dienone is 4. The van der Waals surface area contributed by atoms with Crippen molar-refractivity contribution >= 4 is 22.5 Å². The molecule has 90 valence electrons. The number of hydrogen-bond donors (Lipinski definition) is 0. The van der Waals surface area contributed by atoms with E-state index >= 15 is 0 Å². The summed E-state index contributed by atoms with van der Waals surface area (Å²) in [6.07, 6.45) is 7.38. The molecule has 0 unspecified atom stereocenters. The second kappa shape index (κ2) is 6.12. The molecule has 2 rings (SSSR count). The van der Waals surface area contributed by atoms with E-state index in [1.807, 2.05) is 48.6 Å². The maximum absolute atomic E-state index is 6.10. The first-order chi connectivity index (χ1) is 8.81. The molecule has 0 aromatic heterocycles. The van der Waals surface area contributed by atoms with Crippen LogP contribution in [0.4, 0.5) is 0 Å². The summed E-state index contributed by atoms with van der Waals surface area (Å²) in [5.41, 5.74) is 2.59. The first kappa shape index (κ1) is 12.5. The summed E-state index contributed by atoms with van der Waals surface area (Å²) in [4.78, 5) is 8.81. The van der Waals surface area contributed by atoms with Crippen molar-refractivity contribution in [2.24, 2.45) is 9.98 Å². The van der Waals surface area contributed by atoms with Crippen molar-refractivity contribution in [3.8, 4) is 0 Å². The summed E-state index contributed by atoms with van der Waals surface area (Å²) >= 11 is 6.10. The molecular weight excluding hydrogens is 244 g/mol. The Morgan fingerprint density at radius 3 is 2.67 bits per heavy atom. The highest BCUT2D eigenvalue weighted by molar-refractivity contribution is 6.86. The summed E-state index contributed by atoms with van der Waals surface area (Å²) in [5.74, 6) is 0. The van der Waals surface area contributed by atoms with Crippen molar-refractivity contribution in [3.05, 3.63) is 72.5 Å². The highest BCUT2D eigenvalue weighted by atomic mass is 35.5. The van der Waals surface area contributed by atoms with Crippen LogP contribution < -0.4 is 0 Å². The number of aliphatic imine (C=N–C) groups is 2. The first-order valence-electron chi connectivity index (χ1n) is 5.64. The summed E-state index contributed by atoms with van der Waals surface area (Å²) in [5, 5.41) is 0.464. The zero-order valence-electron chi connectivity index (χ0n) is 9.88. The SMILES string of the molecule is C=C/C=C\C=C1/CN=C(Cl)C(c2ccccc2)=N1. The lowest BCUT2D eigenvalue weighted by molar-refractivity contribution is 1.10. The van der Waals surface area contributed by atoms with Crippen LogP contribution in [0.25, 0.3) is 0 Å². The first-order valence-corrected chi connectivity index (χ1v) is 6.02. The van der Waals surface area contributed by atoms with E-state index in [1.54, 1.807) is 6.08 Å². The van der Waals surface area contributed by atoms with Crippen LogP contribution in [0.1, 0.15) is 5.56 Å². The molecule has 0 saturated heterocycles. The topological polar surface area (TPSA) is 24.7 Å². The van der Waals surface area contributed by atoms with E-state index in [0.717, 1.165) is 17.0 Å². The van der Waals surface area contributed by atoms with Gasteiger partial charge >= 0.3 is 0 Å². The van der Waals surface area contributed by atoms with Crippen LogP contribution in [0.3, 0.4) is 0 Å². The lowest BCUT2D eigenvalue weighted by Crippen LogP contribution is -2.15. The molecule has 0 atom stereocenters.